The zero-order valence-corrected chi connectivity index (χ0v) is 19.8. The van der Waals surface area contributed by atoms with Crippen molar-refractivity contribution in [2.24, 2.45) is 11.8 Å². The molecule has 0 aliphatic heterocycles. The number of hydrogen-bond acceptors (Lipinski definition) is 3. The second kappa shape index (κ2) is 9.61. The molecule has 0 spiro atoms. The number of aromatic nitrogens is 2. The average molecular weight is 445 g/mol. The second-order valence-corrected chi connectivity index (χ2v) is 9.32. The van der Waals surface area contributed by atoms with E-state index in [4.69, 9.17) is 4.98 Å². The first kappa shape index (κ1) is 22.8. The van der Waals surface area contributed by atoms with Gasteiger partial charge >= 0.3 is 0 Å². The highest BCUT2D eigenvalue weighted by atomic mass is 16.2. The smallest absolute Gasteiger partial charge is 0.246 e. The topological polar surface area (TPSA) is 67.2 Å². The van der Waals surface area contributed by atoms with Crippen molar-refractivity contribution in [3.8, 4) is 16.9 Å². The third kappa shape index (κ3) is 5.51. The Morgan fingerprint density at radius 3 is 2.45 bits per heavy atom. The lowest BCUT2D eigenvalue weighted by molar-refractivity contribution is -0.137. The van der Waals surface area contributed by atoms with E-state index in [1.807, 2.05) is 61.0 Å². The number of rotatable bonds is 8. The minimum atomic E-state index is -0.236. The number of amides is 2. The van der Waals surface area contributed by atoms with Crippen molar-refractivity contribution < 1.29 is 9.59 Å². The molecule has 172 valence electrons. The van der Waals surface area contributed by atoms with Gasteiger partial charge in [-0.2, -0.15) is 0 Å². The van der Waals surface area contributed by atoms with Gasteiger partial charge in [0.25, 0.3) is 0 Å². The summed E-state index contributed by atoms with van der Waals surface area (Å²) in [4.78, 5) is 32.1. The van der Waals surface area contributed by atoms with Crippen LogP contribution in [0.4, 0.5) is 5.95 Å². The van der Waals surface area contributed by atoms with Crippen LogP contribution in [0.3, 0.4) is 0 Å². The van der Waals surface area contributed by atoms with E-state index < -0.39 is 0 Å². The normalized spacial score (nSPS) is 13.2. The van der Waals surface area contributed by atoms with E-state index in [-0.39, 0.29) is 24.3 Å². The van der Waals surface area contributed by atoms with Crippen LogP contribution in [0.25, 0.3) is 16.9 Å². The van der Waals surface area contributed by atoms with Gasteiger partial charge < -0.3 is 4.90 Å². The van der Waals surface area contributed by atoms with Crippen LogP contribution in [0.15, 0.2) is 54.7 Å². The van der Waals surface area contributed by atoms with Crippen molar-refractivity contribution in [2.45, 2.75) is 40.5 Å². The molecule has 1 aliphatic carbocycles. The van der Waals surface area contributed by atoms with Crippen LogP contribution in [-0.2, 0) is 9.59 Å². The first-order chi connectivity index (χ1) is 15.8. The minimum Gasteiger partial charge on any atom is -0.333 e. The lowest BCUT2D eigenvalue weighted by atomic mass is 10.1. The van der Waals surface area contributed by atoms with Crippen LogP contribution in [0, 0.1) is 25.7 Å². The van der Waals surface area contributed by atoms with Gasteiger partial charge in [-0.05, 0) is 55.9 Å². The molecule has 0 unspecified atom stereocenters. The second-order valence-electron chi connectivity index (χ2n) is 9.32. The zero-order valence-electron chi connectivity index (χ0n) is 19.8. The molecule has 0 bridgehead atoms. The van der Waals surface area contributed by atoms with Crippen molar-refractivity contribution in [2.75, 3.05) is 18.4 Å². The van der Waals surface area contributed by atoms with E-state index >= 15 is 0 Å². The zero-order chi connectivity index (χ0) is 23.5. The Bertz CT molecular complexity index is 1150. The van der Waals surface area contributed by atoms with Gasteiger partial charge in [-0.25, -0.2) is 4.98 Å². The largest absolute Gasteiger partial charge is 0.333 e. The van der Waals surface area contributed by atoms with E-state index in [1.165, 1.54) is 5.56 Å². The summed E-state index contributed by atoms with van der Waals surface area (Å²) in [6.45, 7) is 8.57. The molecule has 1 saturated carbocycles. The molecule has 0 atom stereocenters. The van der Waals surface area contributed by atoms with Crippen LogP contribution < -0.4 is 5.32 Å². The lowest BCUT2D eigenvalue weighted by Crippen LogP contribution is -2.41. The molecule has 3 aromatic rings. The van der Waals surface area contributed by atoms with Crippen molar-refractivity contribution >= 4 is 17.8 Å². The standard InChI is InChI=1S/C27H32N4O2/c1-18(2)26(33)30(15-21-11-12-21)17-25(32)29-27-28-24(22-8-6-5-7-9-22)16-31(27)23-13-10-19(3)20(4)14-23/h5-10,13-14,16,18,21H,11-12,15,17H2,1-4H3,(H,28,29,32). The van der Waals surface area contributed by atoms with Crippen LogP contribution in [0.5, 0.6) is 0 Å². The fourth-order valence-corrected chi connectivity index (χ4v) is 3.84. The van der Waals surface area contributed by atoms with Crippen molar-refractivity contribution in [1.82, 2.24) is 14.5 Å². The molecule has 1 fully saturated rings. The molecule has 6 nitrogen and oxygen atoms in total. The summed E-state index contributed by atoms with van der Waals surface area (Å²) >= 11 is 0. The first-order valence-electron chi connectivity index (χ1n) is 11.6. The number of imidazole rings is 1. The van der Waals surface area contributed by atoms with Gasteiger partial charge in [0.05, 0.1) is 12.2 Å². The molecule has 1 heterocycles. The molecule has 6 heteroatoms. The summed E-state index contributed by atoms with van der Waals surface area (Å²) in [6.07, 6.45) is 4.19. The molecular weight excluding hydrogens is 412 g/mol. The number of hydrogen-bond donors (Lipinski definition) is 1. The Morgan fingerprint density at radius 2 is 1.82 bits per heavy atom. The highest BCUT2D eigenvalue weighted by Gasteiger charge is 2.29. The quantitative estimate of drug-likeness (QED) is 0.532. The molecule has 4 rings (SSSR count). The van der Waals surface area contributed by atoms with Gasteiger partial charge in [0.2, 0.25) is 17.8 Å². The molecule has 2 aromatic carbocycles. The summed E-state index contributed by atoms with van der Waals surface area (Å²) in [5, 5.41) is 2.97. The number of benzene rings is 2. The van der Waals surface area contributed by atoms with Crippen LogP contribution >= 0.6 is 0 Å². The minimum absolute atomic E-state index is 0.0134. The van der Waals surface area contributed by atoms with Gasteiger partial charge in [-0.15, -0.1) is 0 Å². The van der Waals surface area contributed by atoms with Crippen molar-refractivity contribution in [1.29, 1.82) is 0 Å². The molecule has 1 N–H and O–H groups in total. The molecule has 0 radical (unpaired) electrons. The number of carbonyl (C=O) groups excluding carboxylic acids is 2. The summed E-state index contributed by atoms with van der Waals surface area (Å²) in [5.41, 5.74) is 5.04. The Labute approximate surface area is 195 Å². The third-order valence-electron chi connectivity index (χ3n) is 6.11. The Hall–Kier alpha value is -3.41. The third-order valence-corrected chi connectivity index (χ3v) is 6.11. The van der Waals surface area contributed by atoms with Crippen molar-refractivity contribution in [3.63, 3.8) is 0 Å². The Balaban J connectivity index is 1.62. The molecule has 33 heavy (non-hydrogen) atoms. The van der Waals surface area contributed by atoms with Crippen LogP contribution in [0.2, 0.25) is 0 Å². The van der Waals surface area contributed by atoms with E-state index in [9.17, 15) is 9.59 Å². The Kier molecular flexibility index (Phi) is 6.63. The molecular formula is C27H32N4O2. The number of aryl methyl sites for hydroxylation is 2. The first-order valence-corrected chi connectivity index (χ1v) is 11.6. The lowest BCUT2D eigenvalue weighted by Gasteiger charge is -2.24. The van der Waals surface area contributed by atoms with Gasteiger partial charge in [0.1, 0.15) is 0 Å². The molecule has 2 amide bonds. The maximum absolute atomic E-state index is 13.0. The maximum atomic E-state index is 13.0. The predicted molar refractivity (Wildman–Crippen MR) is 131 cm³/mol. The number of nitrogens with zero attached hydrogens (tertiary/aromatic N) is 3. The summed E-state index contributed by atoms with van der Waals surface area (Å²) in [5.74, 6) is 0.603. The molecule has 1 aromatic heterocycles. The monoisotopic (exact) mass is 444 g/mol. The van der Waals surface area contributed by atoms with Crippen molar-refractivity contribution in [3.05, 3.63) is 65.9 Å². The van der Waals surface area contributed by atoms with Gasteiger partial charge in [-0.3, -0.25) is 19.5 Å². The fourth-order valence-electron chi connectivity index (χ4n) is 3.84. The number of nitrogens with one attached hydrogen (secondary N) is 1. The molecule has 1 aliphatic rings. The molecule has 0 saturated heterocycles. The van der Waals surface area contributed by atoms with Gasteiger partial charge in [0, 0.05) is 29.9 Å². The van der Waals surface area contributed by atoms with Gasteiger partial charge in [-0.1, -0.05) is 50.2 Å². The maximum Gasteiger partial charge on any atom is 0.246 e. The summed E-state index contributed by atoms with van der Waals surface area (Å²) < 4.78 is 1.90. The van der Waals surface area contributed by atoms with E-state index in [0.717, 1.165) is 35.3 Å². The van der Waals surface area contributed by atoms with E-state index in [2.05, 4.69) is 31.3 Å². The SMILES string of the molecule is Cc1ccc(-n2cc(-c3ccccc3)nc2NC(=O)CN(CC2CC2)C(=O)C(C)C)cc1C. The fraction of sp³-hybridized carbons (Fsp3) is 0.370. The Morgan fingerprint density at radius 1 is 1.09 bits per heavy atom. The predicted octanol–water partition coefficient (Wildman–Crippen LogP) is 4.99. The van der Waals surface area contributed by atoms with E-state index in [0.29, 0.717) is 18.4 Å². The highest BCUT2D eigenvalue weighted by molar-refractivity contribution is 5.94. The van der Waals surface area contributed by atoms with Gasteiger partial charge in [0.15, 0.2) is 0 Å². The van der Waals surface area contributed by atoms with E-state index in [1.54, 1.807) is 4.90 Å². The number of anilines is 1. The number of carbonyl (C=O) groups is 2. The van der Waals surface area contributed by atoms with Crippen LogP contribution in [0.1, 0.15) is 37.8 Å². The highest BCUT2D eigenvalue weighted by Crippen LogP contribution is 2.30. The average Bonchev–Trinajstić information content (AvgIpc) is 3.52. The summed E-state index contributed by atoms with van der Waals surface area (Å²) in [7, 11) is 0. The van der Waals surface area contributed by atoms with Crippen LogP contribution in [-0.4, -0.2) is 39.4 Å². The summed E-state index contributed by atoms with van der Waals surface area (Å²) in [6, 6.07) is 16.1.